The van der Waals surface area contributed by atoms with Gasteiger partial charge in [0, 0.05) is 19.9 Å². The van der Waals surface area contributed by atoms with Gasteiger partial charge in [0.1, 0.15) is 5.75 Å². The molecule has 5 heteroatoms. The van der Waals surface area contributed by atoms with E-state index in [9.17, 15) is 0 Å². The second-order valence-electron chi connectivity index (χ2n) is 4.17. The van der Waals surface area contributed by atoms with Crippen LogP contribution in [-0.2, 0) is 4.74 Å². The summed E-state index contributed by atoms with van der Waals surface area (Å²) in [6.45, 7) is 3.31. The van der Waals surface area contributed by atoms with E-state index >= 15 is 0 Å². The minimum Gasteiger partial charge on any atom is -0.495 e. The van der Waals surface area contributed by atoms with Crippen molar-refractivity contribution >= 4 is 5.95 Å². The number of anilines is 1. The molecular weight excluding hydrogens is 242 g/mol. The first-order valence-electron chi connectivity index (χ1n) is 6.18. The lowest BCUT2D eigenvalue weighted by molar-refractivity contribution is 0.210. The Morgan fingerprint density at radius 2 is 2.05 bits per heavy atom. The fraction of sp³-hybridized carbons (Fsp3) is 0.357. The summed E-state index contributed by atoms with van der Waals surface area (Å²) in [5.74, 6) is 1.61. The molecule has 1 aromatic carbocycles. The molecule has 1 aromatic heterocycles. The number of hydrogen-bond acceptors (Lipinski definition) is 4. The van der Waals surface area contributed by atoms with Crippen LogP contribution in [-0.4, -0.2) is 36.9 Å². The Labute approximate surface area is 113 Å². The van der Waals surface area contributed by atoms with Crippen LogP contribution in [0.5, 0.6) is 5.75 Å². The average Bonchev–Trinajstić information content (AvgIpc) is 2.80. The maximum absolute atomic E-state index is 5.39. The Kier molecular flexibility index (Phi) is 4.41. The van der Waals surface area contributed by atoms with Crippen molar-refractivity contribution in [1.29, 1.82) is 0 Å². The van der Waals surface area contributed by atoms with Crippen molar-refractivity contribution in [1.82, 2.24) is 9.55 Å². The fourth-order valence-electron chi connectivity index (χ4n) is 1.90. The van der Waals surface area contributed by atoms with Crippen LogP contribution in [0.3, 0.4) is 0 Å². The molecule has 0 radical (unpaired) electrons. The number of ether oxygens (including phenoxy) is 2. The predicted octanol–water partition coefficient (Wildman–Crippen LogP) is 2.25. The highest BCUT2D eigenvalue weighted by atomic mass is 16.5. The van der Waals surface area contributed by atoms with E-state index in [4.69, 9.17) is 9.47 Å². The summed E-state index contributed by atoms with van der Waals surface area (Å²) in [4.78, 5) is 4.47. The van der Waals surface area contributed by atoms with Gasteiger partial charge in [-0.05, 0) is 19.1 Å². The van der Waals surface area contributed by atoms with Gasteiger partial charge in [0.25, 0.3) is 0 Å². The van der Waals surface area contributed by atoms with Crippen molar-refractivity contribution in [2.24, 2.45) is 0 Å². The van der Waals surface area contributed by atoms with E-state index < -0.39 is 0 Å². The number of rotatable bonds is 6. The van der Waals surface area contributed by atoms with Crippen molar-refractivity contribution in [3.63, 3.8) is 0 Å². The highest BCUT2D eigenvalue weighted by molar-refractivity contribution is 5.52. The molecule has 102 valence electrons. The number of nitrogens with one attached hydrogen (secondary N) is 1. The van der Waals surface area contributed by atoms with Crippen LogP contribution in [0.15, 0.2) is 30.5 Å². The number of hydrogen-bond donors (Lipinski definition) is 1. The van der Waals surface area contributed by atoms with Gasteiger partial charge in [-0.1, -0.05) is 12.1 Å². The number of aryl methyl sites for hydroxylation is 1. The molecule has 2 aromatic rings. The minimum absolute atomic E-state index is 0.637. The maximum Gasteiger partial charge on any atom is 0.207 e. The number of imidazole rings is 1. The van der Waals surface area contributed by atoms with Gasteiger partial charge in [0.15, 0.2) is 0 Å². The molecule has 0 aliphatic rings. The predicted molar refractivity (Wildman–Crippen MR) is 75.2 cm³/mol. The van der Waals surface area contributed by atoms with Crippen LogP contribution >= 0.6 is 0 Å². The fourth-order valence-corrected chi connectivity index (χ4v) is 1.90. The lowest BCUT2D eigenvalue weighted by Crippen LogP contribution is -2.12. The Balaban J connectivity index is 2.33. The van der Waals surface area contributed by atoms with Crippen molar-refractivity contribution in [2.75, 3.05) is 32.7 Å². The molecule has 1 N–H and O–H groups in total. The number of methoxy groups -OCH3 is 2. The van der Waals surface area contributed by atoms with Gasteiger partial charge in [0.05, 0.1) is 25.1 Å². The number of nitrogens with zero attached hydrogens (tertiary/aromatic N) is 2. The Hall–Kier alpha value is -2.01. The van der Waals surface area contributed by atoms with E-state index in [1.165, 1.54) is 0 Å². The first-order valence-corrected chi connectivity index (χ1v) is 6.18. The first kappa shape index (κ1) is 13.4. The van der Waals surface area contributed by atoms with Gasteiger partial charge >= 0.3 is 0 Å². The molecule has 0 saturated carbocycles. The zero-order chi connectivity index (χ0) is 13.7. The van der Waals surface area contributed by atoms with E-state index in [-0.39, 0.29) is 0 Å². The lowest BCUT2D eigenvalue weighted by Gasteiger charge is -2.12. The SMILES string of the molecule is COCCNc1nc(C)cn1-c1ccccc1OC. The van der Waals surface area contributed by atoms with Gasteiger partial charge in [-0.3, -0.25) is 4.57 Å². The third kappa shape index (κ3) is 3.06. The molecule has 1 heterocycles. The zero-order valence-electron chi connectivity index (χ0n) is 11.5. The summed E-state index contributed by atoms with van der Waals surface area (Å²) in [6, 6.07) is 7.86. The highest BCUT2D eigenvalue weighted by Gasteiger charge is 2.10. The molecule has 0 aliphatic heterocycles. The Morgan fingerprint density at radius 1 is 1.26 bits per heavy atom. The van der Waals surface area contributed by atoms with E-state index in [0.717, 1.165) is 23.1 Å². The third-order valence-corrected chi connectivity index (χ3v) is 2.76. The summed E-state index contributed by atoms with van der Waals surface area (Å²) in [5.41, 5.74) is 1.91. The molecule has 0 spiro atoms. The Bertz CT molecular complexity index is 537. The molecule has 5 nitrogen and oxygen atoms in total. The second-order valence-corrected chi connectivity index (χ2v) is 4.17. The van der Waals surface area contributed by atoms with Crippen molar-refractivity contribution in [2.45, 2.75) is 6.92 Å². The van der Waals surface area contributed by atoms with Gasteiger partial charge < -0.3 is 14.8 Å². The van der Waals surface area contributed by atoms with Crippen LogP contribution in [0.2, 0.25) is 0 Å². The van der Waals surface area contributed by atoms with Crippen molar-refractivity contribution in [3.05, 3.63) is 36.2 Å². The van der Waals surface area contributed by atoms with Crippen LogP contribution in [0, 0.1) is 6.92 Å². The molecule has 0 unspecified atom stereocenters. The second kappa shape index (κ2) is 6.24. The van der Waals surface area contributed by atoms with Crippen LogP contribution in [0.1, 0.15) is 5.69 Å². The van der Waals surface area contributed by atoms with E-state index in [0.29, 0.717) is 13.2 Å². The van der Waals surface area contributed by atoms with Gasteiger partial charge in [-0.2, -0.15) is 0 Å². The van der Waals surface area contributed by atoms with E-state index in [1.807, 2.05) is 42.0 Å². The van der Waals surface area contributed by atoms with Crippen molar-refractivity contribution < 1.29 is 9.47 Å². The topological polar surface area (TPSA) is 48.3 Å². The summed E-state index contributed by atoms with van der Waals surface area (Å²) < 4.78 is 12.4. The number of benzene rings is 1. The standard InChI is InChI=1S/C14H19N3O2/c1-11-10-17(14(16-11)15-8-9-18-2)12-6-4-5-7-13(12)19-3/h4-7,10H,8-9H2,1-3H3,(H,15,16). The molecular formula is C14H19N3O2. The molecule has 19 heavy (non-hydrogen) atoms. The van der Waals surface area contributed by atoms with Crippen LogP contribution in [0.25, 0.3) is 5.69 Å². The number of para-hydroxylation sites is 2. The monoisotopic (exact) mass is 261 g/mol. The normalized spacial score (nSPS) is 10.5. The van der Waals surface area contributed by atoms with Crippen LogP contribution < -0.4 is 10.1 Å². The van der Waals surface area contributed by atoms with E-state index in [1.54, 1.807) is 14.2 Å². The largest absolute Gasteiger partial charge is 0.495 e. The first-order chi connectivity index (χ1) is 9.26. The summed E-state index contributed by atoms with van der Waals surface area (Å²) in [6.07, 6.45) is 1.98. The van der Waals surface area contributed by atoms with Gasteiger partial charge in [-0.25, -0.2) is 4.98 Å². The quantitative estimate of drug-likeness (QED) is 0.810. The molecule has 0 bridgehead atoms. The summed E-state index contributed by atoms with van der Waals surface area (Å²) >= 11 is 0. The number of aromatic nitrogens is 2. The average molecular weight is 261 g/mol. The maximum atomic E-state index is 5.39. The highest BCUT2D eigenvalue weighted by Crippen LogP contribution is 2.25. The van der Waals surface area contributed by atoms with Crippen LogP contribution in [0.4, 0.5) is 5.95 Å². The van der Waals surface area contributed by atoms with E-state index in [2.05, 4.69) is 10.3 Å². The summed E-state index contributed by atoms with van der Waals surface area (Å²) in [5, 5.41) is 3.26. The molecule has 2 rings (SSSR count). The zero-order valence-corrected chi connectivity index (χ0v) is 11.5. The van der Waals surface area contributed by atoms with Gasteiger partial charge in [-0.15, -0.1) is 0 Å². The summed E-state index contributed by atoms with van der Waals surface area (Å²) in [7, 11) is 3.35. The molecule has 0 aliphatic carbocycles. The molecule has 0 saturated heterocycles. The molecule has 0 atom stereocenters. The Morgan fingerprint density at radius 3 is 2.79 bits per heavy atom. The molecule has 0 fully saturated rings. The third-order valence-electron chi connectivity index (χ3n) is 2.76. The smallest absolute Gasteiger partial charge is 0.207 e. The van der Waals surface area contributed by atoms with Gasteiger partial charge in [0.2, 0.25) is 5.95 Å². The lowest BCUT2D eigenvalue weighted by atomic mass is 10.3. The van der Waals surface area contributed by atoms with Crippen molar-refractivity contribution in [3.8, 4) is 11.4 Å². The molecule has 0 amide bonds. The minimum atomic E-state index is 0.637.